The first kappa shape index (κ1) is 13.2. The van der Waals surface area contributed by atoms with Gasteiger partial charge >= 0.3 is 0 Å². The van der Waals surface area contributed by atoms with Crippen LogP contribution in [0.1, 0.15) is 5.56 Å². The topological polar surface area (TPSA) is 66.0 Å². The van der Waals surface area contributed by atoms with Gasteiger partial charge in [-0.3, -0.25) is 9.55 Å². The van der Waals surface area contributed by atoms with Gasteiger partial charge in [0.1, 0.15) is 5.75 Å². The Labute approximate surface area is 123 Å². The Kier molecular flexibility index (Phi) is 3.31. The highest BCUT2D eigenvalue weighted by Crippen LogP contribution is 2.29. The summed E-state index contributed by atoms with van der Waals surface area (Å²) in [5, 5.41) is 0. The SMILES string of the molecule is COc1ccc(-n2cncc2-c2cnccc2N)c(C)c1. The van der Waals surface area contributed by atoms with Crippen molar-refractivity contribution in [1.29, 1.82) is 0 Å². The van der Waals surface area contributed by atoms with Crippen LogP contribution in [-0.4, -0.2) is 21.6 Å². The van der Waals surface area contributed by atoms with E-state index in [-0.39, 0.29) is 0 Å². The maximum Gasteiger partial charge on any atom is 0.119 e. The molecule has 3 rings (SSSR count). The van der Waals surface area contributed by atoms with Crippen LogP contribution < -0.4 is 10.5 Å². The molecule has 0 aliphatic heterocycles. The average Bonchev–Trinajstić information content (AvgIpc) is 2.96. The van der Waals surface area contributed by atoms with Crippen LogP contribution in [0.2, 0.25) is 0 Å². The molecular formula is C16H16N4O. The van der Waals surface area contributed by atoms with Gasteiger partial charge < -0.3 is 10.5 Å². The van der Waals surface area contributed by atoms with Gasteiger partial charge in [0.15, 0.2) is 0 Å². The number of methoxy groups -OCH3 is 1. The molecule has 5 heteroatoms. The monoisotopic (exact) mass is 280 g/mol. The van der Waals surface area contributed by atoms with Crippen molar-refractivity contribution in [1.82, 2.24) is 14.5 Å². The van der Waals surface area contributed by atoms with E-state index in [1.807, 2.05) is 29.7 Å². The number of anilines is 1. The number of nitrogens with zero attached hydrogens (tertiary/aromatic N) is 3. The minimum atomic E-state index is 0.679. The molecular weight excluding hydrogens is 264 g/mol. The van der Waals surface area contributed by atoms with Crippen LogP contribution >= 0.6 is 0 Å². The fourth-order valence-corrected chi connectivity index (χ4v) is 2.33. The van der Waals surface area contributed by atoms with E-state index in [1.54, 1.807) is 38.1 Å². The quantitative estimate of drug-likeness (QED) is 0.801. The fraction of sp³-hybridized carbons (Fsp3) is 0.125. The van der Waals surface area contributed by atoms with Crippen molar-refractivity contribution in [3.8, 4) is 22.7 Å². The van der Waals surface area contributed by atoms with Gasteiger partial charge in [0, 0.05) is 23.6 Å². The van der Waals surface area contributed by atoms with Crippen LogP contribution in [0.5, 0.6) is 5.75 Å². The molecule has 3 aromatic rings. The van der Waals surface area contributed by atoms with E-state index in [9.17, 15) is 0 Å². The Morgan fingerprint density at radius 3 is 2.71 bits per heavy atom. The lowest BCUT2D eigenvalue weighted by Crippen LogP contribution is -2.00. The van der Waals surface area contributed by atoms with E-state index in [0.717, 1.165) is 28.3 Å². The lowest BCUT2D eigenvalue weighted by atomic mass is 10.1. The Morgan fingerprint density at radius 1 is 1.14 bits per heavy atom. The van der Waals surface area contributed by atoms with Gasteiger partial charge in [-0.2, -0.15) is 0 Å². The summed E-state index contributed by atoms with van der Waals surface area (Å²) in [4.78, 5) is 8.39. The standard InChI is InChI=1S/C16H16N4O/c1-11-7-12(21-2)3-4-15(11)20-10-19-9-16(20)13-8-18-6-5-14(13)17/h3-10H,1-2H3,(H2,17,18). The molecule has 0 aliphatic rings. The second kappa shape index (κ2) is 5.28. The normalized spacial score (nSPS) is 10.6. The van der Waals surface area contributed by atoms with E-state index in [4.69, 9.17) is 10.5 Å². The van der Waals surface area contributed by atoms with E-state index >= 15 is 0 Å². The van der Waals surface area contributed by atoms with Crippen molar-refractivity contribution >= 4 is 5.69 Å². The number of hydrogen-bond donors (Lipinski definition) is 1. The number of imidazole rings is 1. The number of benzene rings is 1. The van der Waals surface area contributed by atoms with E-state index in [0.29, 0.717) is 5.69 Å². The summed E-state index contributed by atoms with van der Waals surface area (Å²) < 4.78 is 7.25. The second-order valence-corrected chi connectivity index (χ2v) is 4.76. The van der Waals surface area contributed by atoms with Crippen LogP contribution in [0, 0.1) is 6.92 Å². The number of aromatic nitrogens is 3. The van der Waals surface area contributed by atoms with Crippen LogP contribution in [0.25, 0.3) is 16.9 Å². The highest BCUT2D eigenvalue weighted by molar-refractivity contribution is 5.74. The van der Waals surface area contributed by atoms with Gasteiger partial charge in [0.05, 0.1) is 31.0 Å². The number of nitrogen functional groups attached to an aromatic ring is 1. The number of nitrogens with two attached hydrogens (primary N) is 1. The van der Waals surface area contributed by atoms with Gasteiger partial charge in [-0.15, -0.1) is 0 Å². The molecule has 0 radical (unpaired) electrons. The second-order valence-electron chi connectivity index (χ2n) is 4.76. The smallest absolute Gasteiger partial charge is 0.119 e. The summed E-state index contributed by atoms with van der Waals surface area (Å²) in [6, 6.07) is 7.71. The lowest BCUT2D eigenvalue weighted by molar-refractivity contribution is 0.414. The molecule has 0 saturated heterocycles. The maximum atomic E-state index is 6.04. The van der Waals surface area contributed by atoms with Gasteiger partial charge in [0.25, 0.3) is 0 Å². The van der Waals surface area contributed by atoms with Crippen LogP contribution in [0.3, 0.4) is 0 Å². The van der Waals surface area contributed by atoms with E-state index < -0.39 is 0 Å². The highest BCUT2D eigenvalue weighted by Gasteiger charge is 2.12. The zero-order valence-electron chi connectivity index (χ0n) is 11.9. The molecule has 106 valence electrons. The maximum absolute atomic E-state index is 6.04. The number of hydrogen-bond acceptors (Lipinski definition) is 4. The Hall–Kier alpha value is -2.82. The first-order valence-corrected chi connectivity index (χ1v) is 6.58. The minimum Gasteiger partial charge on any atom is -0.497 e. The van der Waals surface area contributed by atoms with Gasteiger partial charge in [-0.1, -0.05) is 0 Å². The molecule has 0 spiro atoms. The third-order valence-electron chi connectivity index (χ3n) is 3.43. The average molecular weight is 280 g/mol. The molecule has 21 heavy (non-hydrogen) atoms. The predicted octanol–water partition coefficient (Wildman–Crippen LogP) is 2.83. The van der Waals surface area contributed by atoms with E-state index in [2.05, 4.69) is 9.97 Å². The summed E-state index contributed by atoms with van der Waals surface area (Å²) in [7, 11) is 1.66. The fourth-order valence-electron chi connectivity index (χ4n) is 2.33. The van der Waals surface area contributed by atoms with Crippen LogP contribution in [0.4, 0.5) is 5.69 Å². The molecule has 2 aromatic heterocycles. The summed E-state index contributed by atoms with van der Waals surface area (Å²) in [5.74, 6) is 0.832. The first-order chi connectivity index (χ1) is 10.2. The molecule has 0 fully saturated rings. The highest BCUT2D eigenvalue weighted by atomic mass is 16.5. The molecule has 0 aliphatic carbocycles. The number of rotatable bonds is 3. The molecule has 2 N–H and O–H groups in total. The van der Waals surface area contributed by atoms with Crippen molar-refractivity contribution in [2.75, 3.05) is 12.8 Å². The molecule has 1 aromatic carbocycles. The number of aryl methyl sites for hydroxylation is 1. The molecule has 0 saturated carbocycles. The van der Waals surface area contributed by atoms with Crippen molar-refractivity contribution < 1.29 is 4.74 Å². The lowest BCUT2D eigenvalue weighted by Gasteiger charge is -2.13. The Bertz CT molecular complexity index is 779. The molecule has 0 unspecified atom stereocenters. The zero-order valence-corrected chi connectivity index (χ0v) is 11.9. The molecule has 0 bridgehead atoms. The van der Waals surface area contributed by atoms with Crippen molar-refractivity contribution in [2.24, 2.45) is 0 Å². The van der Waals surface area contributed by atoms with Gasteiger partial charge in [-0.05, 0) is 36.8 Å². The largest absolute Gasteiger partial charge is 0.497 e. The Morgan fingerprint density at radius 2 is 2.00 bits per heavy atom. The summed E-state index contributed by atoms with van der Waals surface area (Å²) in [6.07, 6.45) is 6.99. The van der Waals surface area contributed by atoms with Crippen LogP contribution in [0.15, 0.2) is 49.2 Å². The van der Waals surface area contributed by atoms with Crippen molar-refractivity contribution in [3.05, 3.63) is 54.7 Å². The molecule has 0 amide bonds. The summed E-state index contributed by atoms with van der Waals surface area (Å²) >= 11 is 0. The predicted molar refractivity (Wildman–Crippen MR) is 82.5 cm³/mol. The molecule has 5 nitrogen and oxygen atoms in total. The third kappa shape index (κ3) is 2.33. The van der Waals surface area contributed by atoms with Crippen LogP contribution in [-0.2, 0) is 0 Å². The minimum absolute atomic E-state index is 0.679. The molecule has 2 heterocycles. The zero-order chi connectivity index (χ0) is 14.8. The summed E-state index contributed by atoms with van der Waals surface area (Å²) in [6.45, 7) is 2.04. The van der Waals surface area contributed by atoms with Gasteiger partial charge in [-0.25, -0.2) is 4.98 Å². The molecule has 0 atom stereocenters. The van der Waals surface area contributed by atoms with Crippen molar-refractivity contribution in [2.45, 2.75) is 6.92 Å². The van der Waals surface area contributed by atoms with Crippen molar-refractivity contribution in [3.63, 3.8) is 0 Å². The first-order valence-electron chi connectivity index (χ1n) is 6.58. The number of pyridine rings is 1. The Balaban J connectivity index is 2.14. The van der Waals surface area contributed by atoms with Gasteiger partial charge in [0.2, 0.25) is 0 Å². The summed E-state index contributed by atoms with van der Waals surface area (Å²) in [5.41, 5.74) is 10.6. The third-order valence-corrected chi connectivity index (χ3v) is 3.43. The number of ether oxygens (including phenoxy) is 1. The van der Waals surface area contributed by atoms with E-state index in [1.165, 1.54) is 0 Å².